The van der Waals surface area contributed by atoms with Crippen molar-refractivity contribution in [1.29, 1.82) is 0 Å². The van der Waals surface area contributed by atoms with Gasteiger partial charge in [0.15, 0.2) is 9.84 Å². The molecule has 3 aromatic rings. The fourth-order valence-corrected chi connectivity index (χ4v) is 4.91. The van der Waals surface area contributed by atoms with Crippen LogP contribution in [-0.2, 0) is 14.6 Å². The molecular weight excluding hydrogens is 506 g/mol. The van der Waals surface area contributed by atoms with Gasteiger partial charge in [-0.1, -0.05) is 12.1 Å². The monoisotopic (exact) mass is 531 g/mol. The van der Waals surface area contributed by atoms with Crippen LogP contribution in [0.1, 0.15) is 13.8 Å². The largest absolute Gasteiger partial charge is 0.378 e. The van der Waals surface area contributed by atoms with Gasteiger partial charge in [0.2, 0.25) is 5.95 Å². The first kappa shape index (κ1) is 23.5. The summed E-state index contributed by atoms with van der Waals surface area (Å²) < 4.78 is 31.6. The van der Waals surface area contributed by atoms with E-state index in [4.69, 9.17) is 4.74 Å². The molecule has 2 aromatic carbocycles. The van der Waals surface area contributed by atoms with Crippen LogP contribution < -0.4 is 15.5 Å². The Morgan fingerprint density at radius 2 is 1.73 bits per heavy atom. The highest BCUT2D eigenvalue weighted by molar-refractivity contribution is 9.10. The van der Waals surface area contributed by atoms with Gasteiger partial charge in [-0.3, -0.25) is 0 Å². The summed E-state index contributed by atoms with van der Waals surface area (Å²) in [6, 6.07) is 14.9. The Morgan fingerprint density at radius 1 is 1.03 bits per heavy atom. The van der Waals surface area contributed by atoms with Crippen molar-refractivity contribution in [3.05, 3.63) is 59.2 Å². The molecule has 0 bridgehead atoms. The molecule has 1 aromatic heterocycles. The van der Waals surface area contributed by atoms with Gasteiger partial charge in [0.1, 0.15) is 5.82 Å². The van der Waals surface area contributed by atoms with Crippen LogP contribution in [0.3, 0.4) is 0 Å². The summed E-state index contributed by atoms with van der Waals surface area (Å²) in [5.41, 5.74) is 2.46. The van der Waals surface area contributed by atoms with Crippen LogP contribution in [0.5, 0.6) is 0 Å². The fraction of sp³-hybridized carbons (Fsp3) is 0.304. The van der Waals surface area contributed by atoms with Gasteiger partial charge >= 0.3 is 0 Å². The van der Waals surface area contributed by atoms with Crippen molar-refractivity contribution in [3.63, 3.8) is 0 Å². The lowest BCUT2D eigenvalue weighted by Crippen LogP contribution is -2.36. The molecule has 174 valence electrons. The second kappa shape index (κ2) is 10.1. The van der Waals surface area contributed by atoms with E-state index < -0.39 is 15.1 Å². The number of hydrogen-bond donors (Lipinski definition) is 2. The lowest BCUT2D eigenvalue weighted by atomic mass is 10.2. The SMILES string of the molecule is CC(C)S(=O)(=O)c1ccccc1Nc1nc(Nc2ccc(N3CCOCC3)cc2)ncc1Br. The van der Waals surface area contributed by atoms with E-state index in [0.29, 0.717) is 21.9 Å². The van der Waals surface area contributed by atoms with Crippen molar-refractivity contribution in [2.45, 2.75) is 24.0 Å². The van der Waals surface area contributed by atoms with Gasteiger partial charge in [-0.15, -0.1) is 0 Å². The van der Waals surface area contributed by atoms with Gasteiger partial charge in [-0.05, 0) is 66.2 Å². The Hall–Kier alpha value is -2.69. The molecule has 4 rings (SSSR count). The zero-order valence-electron chi connectivity index (χ0n) is 18.5. The molecule has 0 spiro atoms. The lowest BCUT2D eigenvalue weighted by molar-refractivity contribution is 0.122. The summed E-state index contributed by atoms with van der Waals surface area (Å²) in [6.07, 6.45) is 1.62. The molecule has 0 radical (unpaired) electrons. The number of hydrogen-bond acceptors (Lipinski definition) is 8. The van der Waals surface area contributed by atoms with Crippen molar-refractivity contribution in [1.82, 2.24) is 9.97 Å². The third kappa shape index (κ3) is 5.45. The molecule has 1 saturated heterocycles. The highest BCUT2D eigenvalue weighted by atomic mass is 79.9. The topological polar surface area (TPSA) is 96.5 Å². The Labute approximate surface area is 202 Å². The molecule has 2 heterocycles. The summed E-state index contributed by atoms with van der Waals surface area (Å²) in [7, 11) is -3.46. The highest BCUT2D eigenvalue weighted by Gasteiger charge is 2.23. The standard InChI is InChI=1S/C23H26BrN5O3S/c1-16(2)33(30,31)21-6-4-3-5-20(21)27-22-19(24)15-25-23(28-22)26-17-7-9-18(10-8-17)29-11-13-32-14-12-29/h3-10,15-16H,11-14H2,1-2H3,(H2,25,26,27,28). The van der Waals surface area contributed by atoms with Gasteiger partial charge in [0.25, 0.3) is 0 Å². The van der Waals surface area contributed by atoms with Crippen molar-refractivity contribution in [3.8, 4) is 0 Å². The van der Waals surface area contributed by atoms with Crippen LogP contribution in [0.25, 0.3) is 0 Å². The zero-order valence-corrected chi connectivity index (χ0v) is 20.9. The fourth-order valence-electron chi connectivity index (χ4n) is 3.42. The van der Waals surface area contributed by atoms with Crippen LogP contribution in [0.15, 0.2) is 64.1 Å². The van der Waals surface area contributed by atoms with Crippen molar-refractivity contribution in [2.75, 3.05) is 41.8 Å². The molecule has 0 atom stereocenters. The third-order valence-electron chi connectivity index (χ3n) is 5.31. The molecule has 1 aliphatic heterocycles. The number of halogens is 1. The molecule has 0 amide bonds. The quantitative estimate of drug-likeness (QED) is 0.451. The Kier molecular flexibility index (Phi) is 7.16. The number of rotatable bonds is 7. The summed E-state index contributed by atoms with van der Waals surface area (Å²) >= 11 is 3.45. The Morgan fingerprint density at radius 3 is 2.42 bits per heavy atom. The molecule has 1 fully saturated rings. The number of anilines is 5. The number of sulfone groups is 1. The molecule has 33 heavy (non-hydrogen) atoms. The third-order valence-corrected chi connectivity index (χ3v) is 8.10. The number of aromatic nitrogens is 2. The zero-order chi connectivity index (χ0) is 23.4. The van der Waals surface area contributed by atoms with Gasteiger partial charge in [-0.25, -0.2) is 13.4 Å². The maximum absolute atomic E-state index is 12.8. The molecule has 8 nitrogen and oxygen atoms in total. The Bertz CT molecular complexity index is 1210. The van der Waals surface area contributed by atoms with E-state index in [1.165, 1.54) is 0 Å². The van der Waals surface area contributed by atoms with Crippen LogP contribution >= 0.6 is 15.9 Å². The summed E-state index contributed by atoms with van der Waals surface area (Å²) in [4.78, 5) is 11.4. The summed E-state index contributed by atoms with van der Waals surface area (Å²) in [5, 5.41) is 5.82. The molecular formula is C23H26BrN5O3S. The van der Waals surface area contributed by atoms with Gasteiger partial charge in [0, 0.05) is 30.7 Å². The summed E-state index contributed by atoms with van der Waals surface area (Å²) in [5.74, 6) is 0.855. The predicted molar refractivity (Wildman–Crippen MR) is 135 cm³/mol. The maximum Gasteiger partial charge on any atom is 0.229 e. The van der Waals surface area contributed by atoms with E-state index >= 15 is 0 Å². The average Bonchev–Trinajstić information content (AvgIpc) is 2.82. The second-order valence-electron chi connectivity index (χ2n) is 7.88. The Balaban J connectivity index is 1.54. The van der Waals surface area contributed by atoms with E-state index in [1.54, 1.807) is 44.3 Å². The molecule has 0 unspecified atom stereocenters. The van der Waals surface area contributed by atoms with Crippen LogP contribution in [0, 0.1) is 0 Å². The normalized spacial score (nSPS) is 14.4. The van der Waals surface area contributed by atoms with Crippen molar-refractivity contribution < 1.29 is 13.2 Å². The maximum atomic E-state index is 12.8. The van der Waals surface area contributed by atoms with Crippen LogP contribution in [0.4, 0.5) is 28.8 Å². The number of nitrogens with zero attached hydrogens (tertiary/aromatic N) is 3. The van der Waals surface area contributed by atoms with E-state index in [2.05, 4.69) is 53.6 Å². The van der Waals surface area contributed by atoms with Crippen molar-refractivity contribution >= 4 is 54.6 Å². The first-order valence-electron chi connectivity index (χ1n) is 10.7. The van der Waals surface area contributed by atoms with E-state index in [1.807, 2.05) is 12.1 Å². The average molecular weight is 532 g/mol. The predicted octanol–water partition coefficient (Wildman–Crippen LogP) is 4.75. The number of ether oxygens (including phenoxy) is 1. The minimum absolute atomic E-state index is 0.235. The minimum Gasteiger partial charge on any atom is -0.378 e. The van der Waals surface area contributed by atoms with Gasteiger partial charge < -0.3 is 20.3 Å². The number of nitrogens with one attached hydrogen (secondary N) is 2. The van der Waals surface area contributed by atoms with E-state index in [0.717, 1.165) is 37.7 Å². The van der Waals surface area contributed by atoms with Gasteiger partial charge in [-0.2, -0.15) is 4.98 Å². The first-order valence-corrected chi connectivity index (χ1v) is 13.0. The highest BCUT2D eigenvalue weighted by Crippen LogP contribution is 2.31. The van der Waals surface area contributed by atoms with Crippen molar-refractivity contribution in [2.24, 2.45) is 0 Å². The second-order valence-corrected chi connectivity index (χ2v) is 11.2. The van der Waals surface area contributed by atoms with Crippen LogP contribution in [0.2, 0.25) is 0 Å². The number of para-hydroxylation sites is 1. The first-order chi connectivity index (χ1) is 15.8. The molecule has 0 aliphatic carbocycles. The van der Waals surface area contributed by atoms with Gasteiger partial charge in [0.05, 0.1) is 33.5 Å². The lowest BCUT2D eigenvalue weighted by Gasteiger charge is -2.28. The van der Waals surface area contributed by atoms with E-state index in [-0.39, 0.29) is 4.90 Å². The molecule has 1 aliphatic rings. The molecule has 2 N–H and O–H groups in total. The molecule has 0 saturated carbocycles. The minimum atomic E-state index is -3.46. The molecule has 10 heteroatoms. The van der Waals surface area contributed by atoms with Crippen LogP contribution in [-0.4, -0.2) is 49.9 Å². The number of benzene rings is 2. The smallest absolute Gasteiger partial charge is 0.229 e. The number of morpholine rings is 1. The van der Waals surface area contributed by atoms with E-state index in [9.17, 15) is 8.42 Å². The summed E-state index contributed by atoms with van der Waals surface area (Å²) in [6.45, 7) is 6.57.